The molecule has 1 saturated carbocycles. The van der Waals surface area contributed by atoms with Crippen molar-refractivity contribution < 1.29 is 9.94 Å². The predicted molar refractivity (Wildman–Crippen MR) is 83.7 cm³/mol. The highest BCUT2D eigenvalue weighted by molar-refractivity contribution is 7.99. The Morgan fingerprint density at radius 1 is 1.30 bits per heavy atom. The summed E-state index contributed by atoms with van der Waals surface area (Å²) in [6.45, 7) is 0.723. The van der Waals surface area contributed by atoms with E-state index in [4.69, 9.17) is 15.7 Å². The molecule has 1 aromatic rings. The van der Waals surface area contributed by atoms with Gasteiger partial charge in [-0.2, -0.15) is 11.8 Å². The minimum Gasteiger partial charge on any atom is -0.493 e. The molecule has 0 aliphatic heterocycles. The minimum atomic E-state index is 0.115. The molecule has 1 aliphatic rings. The van der Waals surface area contributed by atoms with Gasteiger partial charge < -0.3 is 15.7 Å². The monoisotopic (exact) mass is 294 g/mol. The van der Waals surface area contributed by atoms with E-state index in [-0.39, 0.29) is 5.84 Å². The highest BCUT2D eigenvalue weighted by atomic mass is 32.2. The lowest BCUT2D eigenvalue weighted by Crippen LogP contribution is -2.12. The maximum Gasteiger partial charge on any atom is 0.170 e. The molecule has 0 saturated heterocycles. The first-order valence-corrected chi connectivity index (χ1v) is 8.23. The molecule has 0 unspecified atom stereocenters. The van der Waals surface area contributed by atoms with Crippen molar-refractivity contribution >= 4 is 17.6 Å². The zero-order valence-corrected chi connectivity index (χ0v) is 12.4. The summed E-state index contributed by atoms with van der Waals surface area (Å²) >= 11 is 1.98. The maximum atomic E-state index is 8.58. The summed E-state index contributed by atoms with van der Waals surface area (Å²) in [6.07, 6.45) is 5.63. The molecular weight excluding hydrogens is 272 g/mol. The SMILES string of the molecule is NC(=NO)c1ccc(OCCSCC2CCCC2)cc1. The number of thioether (sulfide) groups is 1. The van der Waals surface area contributed by atoms with Crippen LogP contribution in [0.1, 0.15) is 31.2 Å². The van der Waals surface area contributed by atoms with Gasteiger partial charge in [0, 0.05) is 11.3 Å². The third kappa shape index (κ3) is 4.63. The van der Waals surface area contributed by atoms with Gasteiger partial charge in [0.05, 0.1) is 6.61 Å². The molecule has 3 N–H and O–H groups in total. The molecule has 2 rings (SSSR count). The molecule has 0 heterocycles. The highest BCUT2D eigenvalue weighted by Gasteiger charge is 2.14. The van der Waals surface area contributed by atoms with Gasteiger partial charge in [-0.05, 0) is 48.8 Å². The number of hydrogen-bond acceptors (Lipinski definition) is 4. The van der Waals surface area contributed by atoms with Crippen LogP contribution in [0.25, 0.3) is 0 Å². The van der Waals surface area contributed by atoms with E-state index in [0.717, 1.165) is 24.0 Å². The fraction of sp³-hybridized carbons (Fsp3) is 0.533. The number of nitrogens with zero attached hydrogens (tertiary/aromatic N) is 1. The lowest BCUT2D eigenvalue weighted by molar-refractivity contribution is 0.318. The zero-order chi connectivity index (χ0) is 14.2. The Morgan fingerprint density at radius 3 is 2.65 bits per heavy atom. The minimum absolute atomic E-state index is 0.115. The third-order valence-electron chi connectivity index (χ3n) is 3.58. The first-order valence-electron chi connectivity index (χ1n) is 7.08. The van der Waals surface area contributed by atoms with E-state index < -0.39 is 0 Å². The van der Waals surface area contributed by atoms with Crippen LogP contribution in [0.3, 0.4) is 0 Å². The highest BCUT2D eigenvalue weighted by Crippen LogP contribution is 2.27. The number of amidine groups is 1. The fourth-order valence-corrected chi connectivity index (χ4v) is 3.46. The second kappa shape index (κ2) is 8.04. The number of rotatable bonds is 7. The molecule has 4 nitrogen and oxygen atoms in total. The van der Waals surface area contributed by atoms with Gasteiger partial charge >= 0.3 is 0 Å². The largest absolute Gasteiger partial charge is 0.493 e. The maximum absolute atomic E-state index is 8.58. The average Bonchev–Trinajstić information content (AvgIpc) is 3.00. The van der Waals surface area contributed by atoms with Crippen LogP contribution < -0.4 is 10.5 Å². The van der Waals surface area contributed by atoms with Gasteiger partial charge in [-0.25, -0.2) is 0 Å². The van der Waals surface area contributed by atoms with E-state index in [1.807, 2.05) is 23.9 Å². The van der Waals surface area contributed by atoms with Crippen LogP contribution in [0.4, 0.5) is 0 Å². The fourth-order valence-electron chi connectivity index (χ4n) is 2.43. The van der Waals surface area contributed by atoms with Crippen LogP contribution in [-0.4, -0.2) is 29.2 Å². The van der Waals surface area contributed by atoms with Crippen LogP contribution in [0.5, 0.6) is 5.75 Å². The summed E-state index contributed by atoms with van der Waals surface area (Å²) in [7, 11) is 0. The number of nitrogens with two attached hydrogens (primary N) is 1. The van der Waals surface area contributed by atoms with Crippen molar-refractivity contribution in [2.75, 3.05) is 18.1 Å². The molecular formula is C15H22N2O2S. The Balaban J connectivity index is 1.63. The molecule has 0 aromatic heterocycles. The second-order valence-corrected chi connectivity index (χ2v) is 6.23. The van der Waals surface area contributed by atoms with Crippen LogP contribution >= 0.6 is 11.8 Å². The Morgan fingerprint density at radius 2 is 2.00 bits per heavy atom. The van der Waals surface area contributed by atoms with Gasteiger partial charge in [0.2, 0.25) is 0 Å². The number of hydrogen-bond donors (Lipinski definition) is 2. The van der Waals surface area contributed by atoms with E-state index in [1.165, 1.54) is 31.4 Å². The van der Waals surface area contributed by atoms with Crippen LogP contribution in [0.15, 0.2) is 29.4 Å². The van der Waals surface area contributed by atoms with Crippen molar-refractivity contribution in [3.05, 3.63) is 29.8 Å². The smallest absolute Gasteiger partial charge is 0.170 e. The summed E-state index contributed by atoms with van der Waals surface area (Å²) in [5.41, 5.74) is 6.19. The second-order valence-electron chi connectivity index (χ2n) is 5.08. The van der Waals surface area contributed by atoms with Crippen molar-refractivity contribution in [2.45, 2.75) is 25.7 Å². The number of oxime groups is 1. The van der Waals surface area contributed by atoms with Gasteiger partial charge in [0.25, 0.3) is 0 Å². The van der Waals surface area contributed by atoms with Crippen LogP contribution in [0.2, 0.25) is 0 Å². The van der Waals surface area contributed by atoms with Gasteiger partial charge in [-0.1, -0.05) is 18.0 Å². The number of benzene rings is 1. The molecule has 5 heteroatoms. The van der Waals surface area contributed by atoms with E-state index >= 15 is 0 Å². The van der Waals surface area contributed by atoms with Crippen molar-refractivity contribution in [3.8, 4) is 5.75 Å². The first-order chi connectivity index (χ1) is 9.79. The van der Waals surface area contributed by atoms with E-state index in [9.17, 15) is 0 Å². The van der Waals surface area contributed by atoms with Gasteiger partial charge in [0.1, 0.15) is 5.75 Å². The summed E-state index contributed by atoms with van der Waals surface area (Å²) < 4.78 is 5.68. The Labute approximate surface area is 124 Å². The van der Waals surface area contributed by atoms with E-state index in [0.29, 0.717) is 5.56 Å². The predicted octanol–water partition coefficient (Wildman–Crippen LogP) is 3.08. The quantitative estimate of drug-likeness (QED) is 0.267. The van der Waals surface area contributed by atoms with Crippen molar-refractivity contribution in [2.24, 2.45) is 16.8 Å². The molecule has 1 aliphatic carbocycles. The third-order valence-corrected chi connectivity index (χ3v) is 4.74. The van der Waals surface area contributed by atoms with Crippen molar-refractivity contribution in [3.63, 3.8) is 0 Å². The molecule has 110 valence electrons. The lowest BCUT2D eigenvalue weighted by Gasteiger charge is -2.09. The van der Waals surface area contributed by atoms with Crippen LogP contribution in [-0.2, 0) is 0 Å². The summed E-state index contributed by atoms with van der Waals surface area (Å²) in [6, 6.07) is 7.26. The normalized spacial score (nSPS) is 16.5. The van der Waals surface area contributed by atoms with Gasteiger partial charge in [0.15, 0.2) is 5.84 Å². The lowest BCUT2D eigenvalue weighted by atomic mass is 10.1. The van der Waals surface area contributed by atoms with Crippen molar-refractivity contribution in [1.29, 1.82) is 0 Å². The first kappa shape index (κ1) is 15.0. The van der Waals surface area contributed by atoms with E-state index in [2.05, 4.69) is 5.16 Å². The molecule has 0 atom stereocenters. The molecule has 0 bridgehead atoms. The van der Waals surface area contributed by atoms with Crippen LogP contribution in [0, 0.1) is 5.92 Å². The Kier molecular flexibility index (Phi) is 6.05. The standard InChI is InChI=1S/C15H22N2O2S/c16-15(17-18)13-5-7-14(8-6-13)19-9-10-20-11-12-3-1-2-4-12/h5-8,12,18H,1-4,9-11H2,(H2,16,17). The molecule has 1 fully saturated rings. The van der Waals surface area contributed by atoms with Gasteiger partial charge in [-0.3, -0.25) is 0 Å². The van der Waals surface area contributed by atoms with Gasteiger partial charge in [-0.15, -0.1) is 0 Å². The zero-order valence-electron chi connectivity index (χ0n) is 11.6. The average molecular weight is 294 g/mol. The Hall–Kier alpha value is -1.36. The summed E-state index contributed by atoms with van der Waals surface area (Å²) in [5.74, 6) is 4.16. The molecule has 20 heavy (non-hydrogen) atoms. The summed E-state index contributed by atoms with van der Waals surface area (Å²) in [5, 5.41) is 11.5. The van der Waals surface area contributed by atoms with Crippen molar-refractivity contribution in [1.82, 2.24) is 0 Å². The topological polar surface area (TPSA) is 67.8 Å². The van der Waals surface area contributed by atoms with E-state index in [1.54, 1.807) is 12.1 Å². The molecule has 0 amide bonds. The molecule has 1 aromatic carbocycles. The summed E-state index contributed by atoms with van der Waals surface area (Å²) in [4.78, 5) is 0. The number of ether oxygens (including phenoxy) is 1. The molecule has 0 spiro atoms. The Bertz CT molecular complexity index is 428. The molecule has 0 radical (unpaired) electrons.